The second kappa shape index (κ2) is 8.97. The molecular formula is C14H30OSi. The standard InChI is InChI=1S/C14H30OSi/c1-5-6-7-8-9-10-11-12-13-14(15)16(2,3)4/h5-13H2,1-4H3. The predicted molar refractivity (Wildman–Crippen MR) is 75.6 cm³/mol. The maximum absolute atomic E-state index is 11.7. The van der Waals surface area contributed by atoms with Crippen LogP contribution in [-0.4, -0.2) is 13.5 Å². The molecule has 0 spiro atoms. The summed E-state index contributed by atoms with van der Waals surface area (Å²) in [5.74, 6) is 0. The zero-order chi connectivity index (χ0) is 12.4. The van der Waals surface area contributed by atoms with E-state index in [0.717, 1.165) is 12.8 Å². The first-order valence-corrected chi connectivity index (χ1v) is 10.5. The first-order valence-electron chi connectivity index (χ1n) is 7.01. The molecule has 16 heavy (non-hydrogen) atoms. The summed E-state index contributed by atoms with van der Waals surface area (Å²) in [6.45, 7) is 8.71. The SMILES string of the molecule is CCCCCCCCCCC(=O)[Si](C)(C)C. The van der Waals surface area contributed by atoms with Gasteiger partial charge in [-0.1, -0.05) is 71.5 Å². The van der Waals surface area contributed by atoms with E-state index < -0.39 is 8.07 Å². The second-order valence-corrected chi connectivity index (χ2v) is 11.0. The Morgan fingerprint density at radius 3 is 1.69 bits per heavy atom. The van der Waals surface area contributed by atoms with Crippen molar-refractivity contribution in [3.05, 3.63) is 0 Å². The minimum Gasteiger partial charge on any atom is -0.305 e. The summed E-state index contributed by atoms with van der Waals surface area (Å²) in [7, 11) is -1.49. The molecule has 0 rings (SSSR count). The van der Waals surface area contributed by atoms with Crippen molar-refractivity contribution in [3.8, 4) is 0 Å². The van der Waals surface area contributed by atoms with Crippen molar-refractivity contribution in [1.29, 1.82) is 0 Å². The third kappa shape index (κ3) is 9.14. The summed E-state index contributed by atoms with van der Waals surface area (Å²) in [6.07, 6.45) is 11.4. The van der Waals surface area contributed by atoms with E-state index in [1.165, 1.54) is 44.9 Å². The van der Waals surface area contributed by atoms with E-state index in [9.17, 15) is 4.79 Å². The van der Waals surface area contributed by atoms with E-state index in [1.807, 2.05) is 0 Å². The summed E-state index contributed by atoms with van der Waals surface area (Å²) in [4.78, 5) is 11.7. The molecule has 0 saturated heterocycles. The van der Waals surface area contributed by atoms with Gasteiger partial charge in [0, 0.05) is 6.42 Å². The van der Waals surface area contributed by atoms with E-state index >= 15 is 0 Å². The normalized spacial score (nSPS) is 11.8. The van der Waals surface area contributed by atoms with Crippen molar-refractivity contribution in [2.75, 3.05) is 0 Å². The maximum Gasteiger partial charge on any atom is 0.123 e. The van der Waals surface area contributed by atoms with Crippen LogP contribution >= 0.6 is 0 Å². The molecule has 0 aliphatic rings. The Morgan fingerprint density at radius 1 is 0.812 bits per heavy atom. The van der Waals surface area contributed by atoms with Crippen molar-refractivity contribution in [2.24, 2.45) is 0 Å². The van der Waals surface area contributed by atoms with Crippen LogP contribution in [0.4, 0.5) is 0 Å². The van der Waals surface area contributed by atoms with Gasteiger partial charge in [-0.3, -0.25) is 0 Å². The monoisotopic (exact) mass is 242 g/mol. The third-order valence-corrected chi connectivity index (χ3v) is 5.02. The van der Waals surface area contributed by atoms with Crippen LogP contribution in [-0.2, 0) is 4.79 Å². The molecule has 0 aromatic carbocycles. The number of hydrogen-bond acceptors (Lipinski definition) is 1. The molecule has 0 fully saturated rings. The maximum atomic E-state index is 11.7. The average Bonchev–Trinajstić information content (AvgIpc) is 2.20. The average molecular weight is 242 g/mol. The predicted octanol–water partition coefficient (Wildman–Crippen LogP) is 4.96. The van der Waals surface area contributed by atoms with Crippen molar-refractivity contribution < 1.29 is 4.79 Å². The smallest absolute Gasteiger partial charge is 0.123 e. The van der Waals surface area contributed by atoms with Gasteiger partial charge in [0.25, 0.3) is 0 Å². The lowest BCUT2D eigenvalue weighted by Gasteiger charge is -2.13. The fourth-order valence-corrected chi connectivity index (χ4v) is 2.72. The Bertz CT molecular complexity index is 182. The summed E-state index contributed by atoms with van der Waals surface area (Å²) < 4.78 is 0. The molecule has 0 aliphatic heterocycles. The van der Waals surface area contributed by atoms with Gasteiger partial charge < -0.3 is 4.79 Å². The number of carbonyl (C=O) groups excluding carboxylic acids is 1. The quantitative estimate of drug-likeness (QED) is 0.391. The summed E-state index contributed by atoms with van der Waals surface area (Å²) >= 11 is 0. The Kier molecular flexibility index (Phi) is 8.91. The fraction of sp³-hybridized carbons (Fsp3) is 0.929. The summed E-state index contributed by atoms with van der Waals surface area (Å²) in [5.41, 5.74) is 0. The number of unbranched alkanes of at least 4 members (excludes halogenated alkanes) is 7. The topological polar surface area (TPSA) is 17.1 Å². The van der Waals surface area contributed by atoms with Crippen LogP contribution < -0.4 is 0 Å². The van der Waals surface area contributed by atoms with Crippen molar-refractivity contribution in [2.45, 2.75) is 84.4 Å². The molecule has 0 radical (unpaired) electrons. The highest BCUT2D eigenvalue weighted by Crippen LogP contribution is 2.12. The minimum absolute atomic E-state index is 0.554. The molecule has 0 amide bonds. The molecule has 0 atom stereocenters. The van der Waals surface area contributed by atoms with Gasteiger partial charge in [0.1, 0.15) is 13.5 Å². The van der Waals surface area contributed by atoms with Gasteiger partial charge in [-0.05, 0) is 6.42 Å². The van der Waals surface area contributed by atoms with Crippen LogP contribution in [0.1, 0.15) is 64.7 Å². The fourth-order valence-electron chi connectivity index (χ4n) is 1.79. The van der Waals surface area contributed by atoms with Crippen LogP contribution in [0.2, 0.25) is 19.6 Å². The molecule has 0 aliphatic carbocycles. The van der Waals surface area contributed by atoms with Crippen LogP contribution in [0, 0.1) is 0 Å². The van der Waals surface area contributed by atoms with Gasteiger partial charge in [0.05, 0.1) is 0 Å². The van der Waals surface area contributed by atoms with E-state index in [0.29, 0.717) is 5.41 Å². The molecule has 0 saturated carbocycles. The third-order valence-electron chi connectivity index (χ3n) is 3.09. The second-order valence-electron chi connectivity index (χ2n) is 5.90. The molecule has 0 heterocycles. The van der Waals surface area contributed by atoms with E-state index in [4.69, 9.17) is 0 Å². The molecule has 0 aromatic rings. The molecular weight excluding hydrogens is 212 g/mol. The van der Waals surface area contributed by atoms with Crippen molar-refractivity contribution in [3.63, 3.8) is 0 Å². The highest BCUT2D eigenvalue weighted by Gasteiger charge is 2.22. The Morgan fingerprint density at radius 2 is 1.25 bits per heavy atom. The van der Waals surface area contributed by atoms with Crippen LogP contribution in [0.15, 0.2) is 0 Å². The number of carbonyl (C=O) groups is 1. The van der Waals surface area contributed by atoms with E-state index in [-0.39, 0.29) is 0 Å². The Labute approximate surface area is 103 Å². The lowest BCUT2D eigenvalue weighted by atomic mass is 10.1. The largest absolute Gasteiger partial charge is 0.305 e. The van der Waals surface area contributed by atoms with Crippen molar-refractivity contribution >= 4 is 13.5 Å². The number of hydrogen-bond donors (Lipinski definition) is 0. The van der Waals surface area contributed by atoms with E-state index in [2.05, 4.69) is 26.6 Å². The highest BCUT2D eigenvalue weighted by molar-refractivity contribution is 7.03. The molecule has 96 valence electrons. The van der Waals surface area contributed by atoms with Gasteiger partial charge in [0.2, 0.25) is 0 Å². The van der Waals surface area contributed by atoms with Gasteiger partial charge in [-0.25, -0.2) is 0 Å². The van der Waals surface area contributed by atoms with Crippen LogP contribution in [0.5, 0.6) is 0 Å². The Balaban J connectivity index is 3.25. The van der Waals surface area contributed by atoms with Crippen molar-refractivity contribution in [1.82, 2.24) is 0 Å². The zero-order valence-corrected chi connectivity index (χ0v) is 12.8. The van der Waals surface area contributed by atoms with Gasteiger partial charge in [-0.15, -0.1) is 0 Å². The lowest BCUT2D eigenvalue weighted by molar-refractivity contribution is -0.112. The van der Waals surface area contributed by atoms with Gasteiger partial charge in [0.15, 0.2) is 0 Å². The van der Waals surface area contributed by atoms with Crippen LogP contribution in [0.3, 0.4) is 0 Å². The molecule has 0 N–H and O–H groups in total. The van der Waals surface area contributed by atoms with Gasteiger partial charge >= 0.3 is 0 Å². The minimum atomic E-state index is -1.49. The summed E-state index contributed by atoms with van der Waals surface area (Å²) in [5, 5.41) is 0.554. The highest BCUT2D eigenvalue weighted by atomic mass is 28.3. The first kappa shape index (κ1) is 15.9. The zero-order valence-electron chi connectivity index (χ0n) is 11.8. The molecule has 0 bridgehead atoms. The van der Waals surface area contributed by atoms with Crippen LogP contribution in [0.25, 0.3) is 0 Å². The Hall–Kier alpha value is -0.113. The number of rotatable bonds is 10. The summed E-state index contributed by atoms with van der Waals surface area (Å²) in [6, 6.07) is 0. The molecule has 2 heteroatoms. The lowest BCUT2D eigenvalue weighted by Crippen LogP contribution is -2.32. The first-order chi connectivity index (χ1) is 7.48. The molecule has 1 nitrogen and oxygen atoms in total. The molecule has 0 aromatic heterocycles. The molecule has 0 unspecified atom stereocenters. The van der Waals surface area contributed by atoms with E-state index in [1.54, 1.807) is 0 Å². The van der Waals surface area contributed by atoms with Gasteiger partial charge in [-0.2, -0.15) is 0 Å².